The number of hydrogen-bond acceptors (Lipinski definition) is 4. The Kier molecular flexibility index (Phi) is 4.90. The predicted octanol–water partition coefficient (Wildman–Crippen LogP) is 3.65. The number of ether oxygens (including phenoxy) is 1. The molecule has 170 valence electrons. The first kappa shape index (κ1) is 21.2. The molecule has 1 spiro atoms. The molecule has 0 radical (unpaired) electrons. The molecular weight excluding hydrogens is 407 g/mol. The van der Waals surface area contributed by atoms with Gasteiger partial charge in [0, 0.05) is 50.0 Å². The predicted molar refractivity (Wildman–Crippen MR) is 108 cm³/mol. The van der Waals surface area contributed by atoms with Crippen LogP contribution >= 0.6 is 0 Å². The largest absolute Gasteiger partial charge is 0.417 e. The molecule has 5 rings (SSSR count). The maximum atomic E-state index is 13.7. The van der Waals surface area contributed by atoms with E-state index in [0.29, 0.717) is 23.7 Å². The van der Waals surface area contributed by atoms with E-state index in [4.69, 9.17) is 4.74 Å². The van der Waals surface area contributed by atoms with Gasteiger partial charge in [0.25, 0.3) is 0 Å². The van der Waals surface area contributed by atoms with E-state index in [-0.39, 0.29) is 36.6 Å². The maximum Gasteiger partial charge on any atom is 0.417 e. The van der Waals surface area contributed by atoms with Gasteiger partial charge in [-0.15, -0.1) is 0 Å². The number of alkyl halides is 3. The molecule has 1 aromatic rings. The second-order valence-electron chi connectivity index (χ2n) is 10.1. The second kappa shape index (κ2) is 7.17. The summed E-state index contributed by atoms with van der Waals surface area (Å²) in [6.07, 6.45) is 0.0848. The van der Waals surface area contributed by atoms with Crippen molar-refractivity contribution in [3.63, 3.8) is 0 Å². The highest BCUT2D eigenvalue weighted by Gasteiger charge is 2.61. The van der Waals surface area contributed by atoms with Crippen LogP contribution in [0.3, 0.4) is 0 Å². The lowest BCUT2D eigenvalue weighted by atomic mass is 9.73. The number of carbonyl (C=O) groups is 1. The van der Waals surface area contributed by atoms with Gasteiger partial charge in [0.05, 0.1) is 23.2 Å². The molecule has 3 fully saturated rings. The van der Waals surface area contributed by atoms with E-state index in [1.54, 1.807) is 0 Å². The topological polar surface area (TPSA) is 45.7 Å². The first-order chi connectivity index (χ1) is 14.6. The maximum absolute atomic E-state index is 13.7. The average Bonchev–Trinajstić information content (AvgIpc) is 3.23. The number of hydrogen-bond donors (Lipinski definition) is 0. The van der Waals surface area contributed by atoms with Crippen LogP contribution in [-0.4, -0.2) is 58.1 Å². The molecule has 1 aromatic heterocycles. The van der Waals surface area contributed by atoms with Gasteiger partial charge in [-0.3, -0.25) is 14.7 Å². The molecule has 1 amide bonds. The van der Waals surface area contributed by atoms with Crippen molar-refractivity contribution in [2.75, 3.05) is 13.1 Å². The van der Waals surface area contributed by atoms with Gasteiger partial charge in [-0.1, -0.05) is 6.92 Å². The van der Waals surface area contributed by atoms with Crippen molar-refractivity contribution in [2.24, 2.45) is 11.3 Å². The van der Waals surface area contributed by atoms with Crippen LogP contribution in [-0.2, 0) is 28.7 Å². The number of halogens is 3. The lowest BCUT2D eigenvalue weighted by Crippen LogP contribution is -2.50. The van der Waals surface area contributed by atoms with Crippen LogP contribution in [0.15, 0.2) is 12.3 Å². The van der Waals surface area contributed by atoms with E-state index in [1.807, 2.05) is 4.90 Å². The molecule has 1 saturated carbocycles. The van der Waals surface area contributed by atoms with E-state index in [0.717, 1.165) is 38.5 Å². The summed E-state index contributed by atoms with van der Waals surface area (Å²) in [7, 11) is 0. The number of fused-ring (bicyclic) bond motifs is 2. The third kappa shape index (κ3) is 3.37. The van der Waals surface area contributed by atoms with Crippen molar-refractivity contribution in [1.82, 2.24) is 14.8 Å². The number of morpholine rings is 1. The minimum Gasteiger partial charge on any atom is -0.373 e. The van der Waals surface area contributed by atoms with Gasteiger partial charge in [-0.25, -0.2) is 0 Å². The molecule has 6 atom stereocenters. The third-order valence-electron chi connectivity index (χ3n) is 8.15. The van der Waals surface area contributed by atoms with Gasteiger partial charge in [0.15, 0.2) is 0 Å². The van der Waals surface area contributed by atoms with Crippen molar-refractivity contribution >= 4 is 5.91 Å². The molecule has 0 bridgehead atoms. The van der Waals surface area contributed by atoms with Crippen LogP contribution in [0.5, 0.6) is 0 Å². The Morgan fingerprint density at radius 2 is 1.90 bits per heavy atom. The Morgan fingerprint density at radius 1 is 1.19 bits per heavy atom. The highest BCUT2D eigenvalue weighted by molar-refractivity contribution is 5.87. The fraction of sp³-hybridized carbons (Fsp3) is 0.739. The van der Waals surface area contributed by atoms with Crippen LogP contribution in [0.4, 0.5) is 13.2 Å². The Bertz CT molecular complexity index is 881. The van der Waals surface area contributed by atoms with E-state index in [1.165, 1.54) is 6.07 Å². The fourth-order valence-electron chi connectivity index (χ4n) is 6.63. The summed E-state index contributed by atoms with van der Waals surface area (Å²) < 4.78 is 45.3. The molecule has 4 heterocycles. The first-order valence-electron chi connectivity index (χ1n) is 11.3. The zero-order chi connectivity index (χ0) is 22.1. The smallest absolute Gasteiger partial charge is 0.373 e. The molecule has 31 heavy (non-hydrogen) atoms. The SMILES string of the molecule is CC1C2Cc3ncc(C(F)(F)F)cc3CN2C(=O)[C@]12CCC(N1C[C@@H](C)O[C@@H](C)C1)C2. The number of amides is 1. The molecule has 2 saturated heterocycles. The summed E-state index contributed by atoms with van der Waals surface area (Å²) in [5, 5.41) is 0. The standard InChI is InChI=1S/C23H30F3N3O2/c1-13-10-28(11-14(2)31-13)18-4-5-22(8-18)15(3)20-7-19-16(12-29(20)21(22)30)6-17(9-27-19)23(24,25)26/h6,9,13-15,18,20H,4-5,7-8,10-12H2,1-3H3/t13-,14+,15?,18?,20?,22-/m0/s1. The van der Waals surface area contributed by atoms with Gasteiger partial charge in [-0.2, -0.15) is 13.2 Å². The van der Waals surface area contributed by atoms with Crippen LogP contribution in [0.1, 0.15) is 56.9 Å². The molecule has 8 heteroatoms. The molecule has 4 aliphatic rings. The number of carbonyl (C=O) groups excluding carboxylic acids is 1. The van der Waals surface area contributed by atoms with Gasteiger partial charge in [0.2, 0.25) is 5.91 Å². The molecule has 5 nitrogen and oxygen atoms in total. The second-order valence-corrected chi connectivity index (χ2v) is 10.1. The Morgan fingerprint density at radius 3 is 2.58 bits per heavy atom. The van der Waals surface area contributed by atoms with E-state index in [9.17, 15) is 18.0 Å². The number of rotatable bonds is 1. The molecule has 3 unspecified atom stereocenters. The fourth-order valence-corrected chi connectivity index (χ4v) is 6.63. The Balaban J connectivity index is 1.38. The Labute approximate surface area is 180 Å². The van der Waals surface area contributed by atoms with Gasteiger partial charge in [-0.05, 0) is 50.7 Å². The van der Waals surface area contributed by atoms with Crippen molar-refractivity contribution in [2.45, 2.75) is 83.5 Å². The third-order valence-corrected chi connectivity index (χ3v) is 8.15. The van der Waals surface area contributed by atoms with E-state index in [2.05, 4.69) is 30.7 Å². The van der Waals surface area contributed by atoms with Gasteiger partial charge < -0.3 is 9.64 Å². The zero-order valence-corrected chi connectivity index (χ0v) is 18.3. The number of pyridine rings is 1. The summed E-state index contributed by atoms with van der Waals surface area (Å²) in [4.78, 5) is 22.1. The van der Waals surface area contributed by atoms with Crippen LogP contribution in [0.2, 0.25) is 0 Å². The zero-order valence-electron chi connectivity index (χ0n) is 18.3. The summed E-state index contributed by atoms with van der Waals surface area (Å²) in [5.74, 6) is 0.294. The van der Waals surface area contributed by atoms with Gasteiger partial charge >= 0.3 is 6.18 Å². The summed E-state index contributed by atoms with van der Waals surface area (Å²) in [6, 6.07) is 1.56. The summed E-state index contributed by atoms with van der Waals surface area (Å²) in [6.45, 7) is 8.35. The highest BCUT2D eigenvalue weighted by atomic mass is 19.4. The molecule has 0 N–H and O–H groups in total. The summed E-state index contributed by atoms with van der Waals surface area (Å²) in [5.41, 5.74) is 0.0932. The van der Waals surface area contributed by atoms with Crippen LogP contribution in [0.25, 0.3) is 0 Å². The summed E-state index contributed by atoms with van der Waals surface area (Å²) >= 11 is 0. The van der Waals surface area contributed by atoms with E-state index < -0.39 is 17.2 Å². The van der Waals surface area contributed by atoms with Crippen LogP contribution < -0.4 is 0 Å². The number of aromatic nitrogens is 1. The van der Waals surface area contributed by atoms with Crippen molar-refractivity contribution in [3.05, 3.63) is 29.1 Å². The van der Waals surface area contributed by atoms with Gasteiger partial charge in [0.1, 0.15) is 0 Å². The minimum absolute atomic E-state index is 0.0190. The monoisotopic (exact) mass is 437 g/mol. The quantitative estimate of drug-likeness (QED) is 0.673. The lowest BCUT2D eigenvalue weighted by Gasteiger charge is -2.39. The minimum atomic E-state index is -4.42. The molecule has 3 aliphatic heterocycles. The highest BCUT2D eigenvalue weighted by Crippen LogP contribution is 2.55. The number of nitrogens with zero attached hydrogens (tertiary/aromatic N) is 3. The van der Waals surface area contributed by atoms with Crippen molar-refractivity contribution in [3.8, 4) is 0 Å². The molecule has 0 aromatic carbocycles. The first-order valence-corrected chi connectivity index (χ1v) is 11.3. The van der Waals surface area contributed by atoms with Crippen molar-refractivity contribution < 1.29 is 22.7 Å². The molecular formula is C23H30F3N3O2. The normalized spacial score (nSPS) is 38.6. The Hall–Kier alpha value is -1.67. The molecule has 1 aliphatic carbocycles. The lowest BCUT2D eigenvalue weighted by molar-refractivity contribution is -0.138. The van der Waals surface area contributed by atoms with Crippen molar-refractivity contribution in [1.29, 1.82) is 0 Å². The van der Waals surface area contributed by atoms with E-state index >= 15 is 0 Å². The average molecular weight is 438 g/mol. The van der Waals surface area contributed by atoms with Crippen LogP contribution in [0, 0.1) is 11.3 Å².